The average Bonchev–Trinajstić information content (AvgIpc) is 4.01. The van der Waals surface area contributed by atoms with Crippen molar-refractivity contribution in [2.24, 2.45) is 0 Å². The van der Waals surface area contributed by atoms with Crippen molar-refractivity contribution in [2.75, 3.05) is 0 Å². The average molecular weight is 1200 g/mol. The van der Waals surface area contributed by atoms with Crippen LogP contribution in [0.25, 0.3) is 99.8 Å². The number of phenols is 1. The van der Waals surface area contributed by atoms with Gasteiger partial charge in [-0.1, -0.05) is 223 Å². The van der Waals surface area contributed by atoms with E-state index in [-0.39, 0.29) is 54.9 Å². The molecule has 11 aromatic rings. The minimum absolute atomic E-state index is 0. The van der Waals surface area contributed by atoms with Gasteiger partial charge < -0.3 is 5.11 Å². The molecule has 11 rings (SSSR count). The first-order valence-electron chi connectivity index (χ1n) is 27.0. The summed E-state index contributed by atoms with van der Waals surface area (Å²) in [4.78, 5) is 16.6. The standard InChI is InChI=1S/C68H72N5OSi.Pt/c1-39(2)51-37-46(75(14,15)16)38-52(40(3)4)60(51)73-61-47-24-18-17-23-41(47)34-53(59(61)70-65(73)54-35-45(67(8,9)10)36-55(62(54)74)68(11,12)13)42-31-43(33-44(32-42)66(5,6)7)56-29-30-58-63(69-56)71-64-50-27-20-19-25-48(50)49-26-21-22-28-57(49)72(58)64;/h17-30,32-40,74H,1-16H3;/q-1;. The molecule has 8 heteroatoms. The summed E-state index contributed by atoms with van der Waals surface area (Å²) in [5.74, 6) is 1.39. The van der Waals surface area contributed by atoms with Crippen molar-refractivity contribution in [2.45, 2.75) is 138 Å². The van der Waals surface area contributed by atoms with Crippen LogP contribution in [0.15, 0.2) is 127 Å². The fourth-order valence-corrected chi connectivity index (χ4v) is 12.4. The van der Waals surface area contributed by atoms with Gasteiger partial charge in [-0.25, -0.2) is 9.97 Å². The summed E-state index contributed by atoms with van der Waals surface area (Å²) >= 11 is 0. The molecular formula is C68H72N5OPtSi-. The molecular weight excluding hydrogens is 1130 g/mol. The quantitative estimate of drug-likeness (QED) is 0.0981. The molecule has 6 nitrogen and oxygen atoms in total. The minimum Gasteiger partial charge on any atom is -0.507 e. The van der Waals surface area contributed by atoms with Gasteiger partial charge in [-0.2, -0.15) is 0 Å². The molecule has 0 amide bonds. The van der Waals surface area contributed by atoms with Crippen LogP contribution in [0, 0.1) is 6.07 Å². The molecule has 0 spiro atoms. The first kappa shape index (κ1) is 53.0. The second-order valence-electron chi connectivity index (χ2n) is 25.9. The maximum Gasteiger partial charge on any atom is 0.171 e. The first-order chi connectivity index (χ1) is 35.3. The number of pyridine rings is 2. The molecule has 0 unspecified atom stereocenters. The number of phenolic OH excluding ortho intramolecular Hbond substituents is 1. The van der Waals surface area contributed by atoms with Gasteiger partial charge in [0.15, 0.2) is 5.65 Å². The number of para-hydroxylation sites is 1. The van der Waals surface area contributed by atoms with Gasteiger partial charge in [-0.05, 0) is 73.7 Å². The fraction of sp³-hybridized carbons (Fsp3) is 0.309. The summed E-state index contributed by atoms with van der Waals surface area (Å²) in [7, 11) is -1.77. The topological polar surface area (TPSA) is 68.2 Å². The number of fused-ring (bicyclic) bond motifs is 11. The molecule has 1 N–H and O–H groups in total. The van der Waals surface area contributed by atoms with E-state index in [1.165, 1.54) is 27.1 Å². The molecule has 0 saturated heterocycles. The fourth-order valence-electron chi connectivity index (χ4n) is 11.2. The number of hydrogen-bond donors (Lipinski definition) is 1. The van der Waals surface area contributed by atoms with E-state index in [1.807, 2.05) is 0 Å². The van der Waals surface area contributed by atoms with Crippen LogP contribution in [-0.2, 0) is 37.3 Å². The maximum atomic E-state index is 12.9. The molecule has 7 aromatic carbocycles. The van der Waals surface area contributed by atoms with Crippen molar-refractivity contribution < 1.29 is 26.2 Å². The van der Waals surface area contributed by atoms with Crippen molar-refractivity contribution in [1.29, 1.82) is 0 Å². The normalized spacial score (nSPS) is 12.9. The number of imidazole rings is 2. The molecule has 0 bridgehead atoms. The zero-order valence-electron chi connectivity index (χ0n) is 47.3. The molecule has 0 radical (unpaired) electrons. The molecule has 0 saturated carbocycles. The van der Waals surface area contributed by atoms with E-state index in [4.69, 9.17) is 15.0 Å². The Bertz CT molecular complexity index is 4100. The SMILES string of the molecule is CC(C)c1cc([Si](C)(C)C)cc(C(C)C)c1-n1c(-c2cc(C(C)(C)C)cc(C(C)(C)C)c2O)nc2c(-c3[c-]c(-c4ccc5c(n4)nc4c6ccccc6c6ccccc6n54)cc(C(C)(C)C)c3)cc3ccccc3c21.[Pt]. The second kappa shape index (κ2) is 18.7. The van der Waals surface area contributed by atoms with Crippen molar-refractivity contribution in [3.05, 3.63) is 161 Å². The minimum atomic E-state index is -1.77. The van der Waals surface area contributed by atoms with Gasteiger partial charge in [0.2, 0.25) is 0 Å². The van der Waals surface area contributed by atoms with Crippen molar-refractivity contribution >= 4 is 73.6 Å². The maximum absolute atomic E-state index is 12.9. The summed E-state index contributed by atoms with van der Waals surface area (Å²) in [6, 6.07) is 50.4. The third-order valence-corrected chi connectivity index (χ3v) is 17.6. The third kappa shape index (κ3) is 8.89. The van der Waals surface area contributed by atoms with E-state index < -0.39 is 8.07 Å². The summed E-state index contributed by atoms with van der Waals surface area (Å²) in [6.45, 7) is 36.8. The van der Waals surface area contributed by atoms with E-state index >= 15 is 0 Å². The van der Waals surface area contributed by atoms with Crippen molar-refractivity contribution in [3.8, 4) is 45.2 Å². The summed E-state index contributed by atoms with van der Waals surface area (Å²) < 4.78 is 4.71. The van der Waals surface area contributed by atoms with Gasteiger partial charge in [0.25, 0.3) is 0 Å². The van der Waals surface area contributed by atoms with E-state index in [0.29, 0.717) is 5.65 Å². The Morgan fingerprint density at radius 3 is 1.75 bits per heavy atom. The molecule has 4 aromatic heterocycles. The predicted octanol–water partition coefficient (Wildman–Crippen LogP) is 17.9. The Morgan fingerprint density at radius 1 is 0.553 bits per heavy atom. The van der Waals surface area contributed by atoms with Crippen LogP contribution >= 0.6 is 0 Å². The number of nitrogens with zero attached hydrogens (tertiary/aromatic N) is 5. The Balaban J connectivity index is 0.00000657. The predicted molar refractivity (Wildman–Crippen MR) is 322 cm³/mol. The number of aromatic nitrogens is 5. The molecule has 0 fully saturated rings. The van der Waals surface area contributed by atoms with Crippen molar-refractivity contribution in [3.63, 3.8) is 0 Å². The zero-order chi connectivity index (χ0) is 53.4. The molecule has 0 aliphatic heterocycles. The van der Waals surface area contributed by atoms with E-state index in [2.05, 4.69) is 252 Å². The molecule has 0 atom stereocenters. The van der Waals surface area contributed by atoms with Crippen LogP contribution in [0.4, 0.5) is 0 Å². The number of rotatable bonds is 7. The van der Waals surface area contributed by atoms with Crippen LogP contribution < -0.4 is 5.19 Å². The number of benzene rings is 7. The van der Waals surface area contributed by atoms with Gasteiger partial charge in [-0.3, -0.25) is 14.0 Å². The van der Waals surface area contributed by atoms with Gasteiger partial charge >= 0.3 is 0 Å². The smallest absolute Gasteiger partial charge is 0.171 e. The van der Waals surface area contributed by atoms with Crippen LogP contribution in [-0.4, -0.2) is 37.1 Å². The molecule has 390 valence electrons. The number of aromatic hydroxyl groups is 1. The van der Waals surface area contributed by atoms with Gasteiger partial charge in [0.05, 0.1) is 41.4 Å². The molecule has 0 aliphatic carbocycles. The second-order valence-corrected chi connectivity index (χ2v) is 31.0. The molecule has 0 aliphatic rings. The Labute approximate surface area is 464 Å². The van der Waals surface area contributed by atoms with E-state index in [9.17, 15) is 5.11 Å². The number of hydrogen-bond acceptors (Lipinski definition) is 4. The monoisotopic (exact) mass is 1200 g/mol. The summed E-state index contributed by atoms with van der Waals surface area (Å²) in [5.41, 5.74) is 16.0. The first-order valence-corrected chi connectivity index (χ1v) is 30.5. The zero-order valence-corrected chi connectivity index (χ0v) is 50.6. The molecule has 4 heterocycles. The van der Waals surface area contributed by atoms with E-state index in [0.717, 1.165) is 100 Å². The van der Waals surface area contributed by atoms with Crippen LogP contribution in [0.5, 0.6) is 5.75 Å². The van der Waals surface area contributed by atoms with Gasteiger partial charge in [-0.15, -0.1) is 29.3 Å². The summed E-state index contributed by atoms with van der Waals surface area (Å²) in [6.07, 6.45) is 0. The van der Waals surface area contributed by atoms with Crippen LogP contribution in [0.1, 0.15) is 130 Å². The summed E-state index contributed by atoms with van der Waals surface area (Å²) in [5, 5.41) is 20.0. The Hall–Kier alpha value is -6.40. The largest absolute Gasteiger partial charge is 0.507 e. The Kier molecular flexibility index (Phi) is 13.0. The van der Waals surface area contributed by atoms with Crippen molar-refractivity contribution in [1.82, 2.24) is 23.9 Å². The van der Waals surface area contributed by atoms with E-state index in [1.54, 1.807) is 0 Å². The van der Waals surface area contributed by atoms with Gasteiger partial charge in [0, 0.05) is 48.5 Å². The van der Waals surface area contributed by atoms with Crippen LogP contribution in [0.3, 0.4) is 0 Å². The third-order valence-electron chi connectivity index (χ3n) is 15.6. The Morgan fingerprint density at radius 2 is 1.13 bits per heavy atom. The molecule has 76 heavy (non-hydrogen) atoms. The van der Waals surface area contributed by atoms with Gasteiger partial charge in [0.1, 0.15) is 17.2 Å². The van der Waals surface area contributed by atoms with Crippen LogP contribution in [0.2, 0.25) is 19.6 Å².